The fourth-order valence-electron chi connectivity index (χ4n) is 2.81. The fourth-order valence-corrected chi connectivity index (χ4v) is 2.81. The minimum atomic E-state index is -0.601. The van der Waals surface area contributed by atoms with Crippen LogP contribution in [0, 0.1) is 19.7 Å². The summed E-state index contributed by atoms with van der Waals surface area (Å²) in [4.78, 5) is 17.4. The molecule has 0 radical (unpaired) electrons. The van der Waals surface area contributed by atoms with E-state index in [9.17, 15) is 9.18 Å². The van der Waals surface area contributed by atoms with Crippen LogP contribution in [-0.4, -0.2) is 34.0 Å². The molecule has 1 unspecified atom stereocenters. The second-order valence-electron chi connectivity index (χ2n) is 6.20. The topological polar surface area (TPSA) is 68.5 Å². The summed E-state index contributed by atoms with van der Waals surface area (Å²) in [5, 5.41) is 11.2. The maximum Gasteiger partial charge on any atom is 0.264 e. The third kappa shape index (κ3) is 4.43. The van der Waals surface area contributed by atoms with Gasteiger partial charge < -0.3 is 10.2 Å². The van der Waals surface area contributed by atoms with Crippen molar-refractivity contribution in [2.24, 2.45) is 5.16 Å². The number of nitrogens with zero attached hydrogens (tertiary/aromatic N) is 3. The van der Waals surface area contributed by atoms with E-state index in [0.29, 0.717) is 25.9 Å². The van der Waals surface area contributed by atoms with Crippen molar-refractivity contribution in [1.29, 1.82) is 0 Å². The highest BCUT2D eigenvalue weighted by molar-refractivity contribution is 5.93. The highest BCUT2D eigenvalue weighted by Crippen LogP contribution is 2.15. The number of carbonyl (C=O) groups is 1. The molecule has 1 N–H and O–H groups in total. The summed E-state index contributed by atoms with van der Waals surface area (Å²) < 4.78 is 14.8. The van der Waals surface area contributed by atoms with Crippen LogP contribution >= 0.6 is 0 Å². The molecular weight excluding hydrogens is 323 g/mol. The summed E-state index contributed by atoms with van der Waals surface area (Å²) in [6, 6.07) is 8.24. The lowest BCUT2D eigenvalue weighted by atomic mass is 10.0. The normalized spacial score (nSPS) is 16.4. The van der Waals surface area contributed by atoms with Crippen molar-refractivity contribution in [2.45, 2.75) is 39.3 Å². The first-order valence-electron chi connectivity index (χ1n) is 8.26. The molecule has 25 heavy (non-hydrogen) atoms. The lowest BCUT2D eigenvalue weighted by molar-refractivity contribution is -0.131. The summed E-state index contributed by atoms with van der Waals surface area (Å²) in [6.45, 7) is 5.02. The molecule has 1 amide bonds. The average Bonchev–Trinajstić information content (AvgIpc) is 3.16. The van der Waals surface area contributed by atoms with Crippen LogP contribution in [0.4, 0.5) is 4.39 Å². The highest BCUT2D eigenvalue weighted by atomic mass is 19.1. The smallest absolute Gasteiger partial charge is 0.264 e. The predicted molar refractivity (Wildman–Crippen MR) is 91.7 cm³/mol. The number of carbonyl (C=O) groups excluding carboxylic acids is 1. The Balaban J connectivity index is 1.43. The maximum atomic E-state index is 12.9. The first kappa shape index (κ1) is 17.1. The van der Waals surface area contributed by atoms with Gasteiger partial charge in [-0.2, -0.15) is 5.10 Å². The number of aromatic nitrogens is 2. The molecule has 0 saturated heterocycles. The first-order chi connectivity index (χ1) is 12.0. The number of benzene rings is 1. The van der Waals surface area contributed by atoms with Crippen molar-refractivity contribution in [3.8, 4) is 0 Å². The van der Waals surface area contributed by atoms with Crippen molar-refractivity contribution >= 4 is 11.6 Å². The van der Waals surface area contributed by atoms with E-state index in [1.165, 1.54) is 12.1 Å². The standard InChI is InChI=1S/C18H21FN4O2/c1-12-9-13(2)23(21-12)8-7-20-18(24)17-11-16(22-25-17)10-14-3-5-15(19)6-4-14/h3-6,9,17H,7-8,10-11H2,1-2H3,(H,20,24). The van der Waals surface area contributed by atoms with Crippen molar-refractivity contribution < 1.29 is 14.0 Å². The molecule has 1 aromatic carbocycles. The van der Waals surface area contributed by atoms with Crippen LogP contribution in [-0.2, 0) is 22.6 Å². The van der Waals surface area contributed by atoms with Gasteiger partial charge in [-0.25, -0.2) is 4.39 Å². The molecule has 2 heterocycles. The number of nitrogens with one attached hydrogen (secondary N) is 1. The number of rotatable bonds is 6. The molecule has 0 saturated carbocycles. The Hall–Kier alpha value is -2.70. The lowest BCUT2D eigenvalue weighted by Gasteiger charge is -2.10. The molecule has 0 bridgehead atoms. The van der Waals surface area contributed by atoms with Gasteiger partial charge in [0.05, 0.1) is 18.0 Å². The van der Waals surface area contributed by atoms with E-state index in [2.05, 4.69) is 15.6 Å². The minimum Gasteiger partial charge on any atom is -0.382 e. The molecule has 132 valence electrons. The van der Waals surface area contributed by atoms with Gasteiger partial charge in [-0.15, -0.1) is 0 Å². The molecule has 1 aliphatic heterocycles. The molecule has 6 nitrogen and oxygen atoms in total. The highest BCUT2D eigenvalue weighted by Gasteiger charge is 2.27. The van der Waals surface area contributed by atoms with Gasteiger partial charge in [0.1, 0.15) is 5.82 Å². The zero-order chi connectivity index (χ0) is 17.8. The van der Waals surface area contributed by atoms with E-state index in [-0.39, 0.29) is 11.7 Å². The Labute approximate surface area is 145 Å². The van der Waals surface area contributed by atoms with Crippen molar-refractivity contribution in [3.05, 3.63) is 53.1 Å². The zero-order valence-corrected chi connectivity index (χ0v) is 14.3. The number of hydrogen-bond donors (Lipinski definition) is 1. The fraction of sp³-hybridized carbons (Fsp3) is 0.389. The molecule has 0 aliphatic carbocycles. The predicted octanol–water partition coefficient (Wildman–Crippen LogP) is 2.14. The van der Waals surface area contributed by atoms with Crippen LogP contribution in [0.25, 0.3) is 0 Å². The Morgan fingerprint density at radius 1 is 1.36 bits per heavy atom. The van der Waals surface area contributed by atoms with E-state index in [4.69, 9.17) is 4.84 Å². The molecule has 1 atom stereocenters. The molecule has 0 spiro atoms. The molecule has 0 fully saturated rings. The van der Waals surface area contributed by atoms with Gasteiger partial charge in [-0.05, 0) is 37.6 Å². The van der Waals surface area contributed by atoms with Gasteiger partial charge in [0, 0.05) is 25.1 Å². The van der Waals surface area contributed by atoms with Crippen molar-refractivity contribution in [3.63, 3.8) is 0 Å². The van der Waals surface area contributed by atoms with E-state index in [1.54, 1.807) is 12.1 Å². The Morgan fingerprint density at radius 3 is 2.80 bits per heavy atom. The summed E-state index contributed by atoms with van der Waals surface area (Å²) in [7, 11) is 0. The lowest BCUT2D eigenvalue weighted by Crippen LogP contribution is -2.36. The molecule has 3 rings (SSSR count). The van der Waals surface area contributed by atoms with Crippen LogP contribution in [0.2, 0.25) is 0 Å². The molecular formula is C18H21FN4O2. The van der Waals surface area contributed by atoms with Crippen molar-refractivity contribution in [1.82, 2.24) is 15.1 Å². The molecule has 2 aromatic rings. The van der Waals surface area contributed by atoms with Gasteiger partial charge in [-0.3, -0.25) is 9.48 Å². The number of hydrogen-bond acceptors (Lipinski definition) is 4. The maximum absolute atomic E-state index is 12.9. The Kier molecular flexibility index (Phi) is 5.11. The summed E-state index contributed by atoms with van der Waals surface area (Å²) in [5.74, 6) is -0.451. The van der Waals surface area contributed by atoms with E-state index < -0.39 is 6.10 Å². The zero-order valence-electron chi connectivity index (χ0n) is 14.3. The summed E-state index contributed by atoms with van der Waals surface area (Å²) >= 11 is 0. The number of oxime groups is 1. The molecule has 7 heteroatoms. The van der Waals surface area contributed by atoms with E-state index >= 15 is 0 Å². The van der Waals surface area contributed by atoms with Gasteiger partial charge >= 0.3 is 0 Å². The molecule has 1 aliphatic rings. The second-order valence-corrected chi connectivity index (χ2v) is 6.20. The first-order valence-corrected chi connectivity index (χ1v) is 8.26. The van der Waals surface area contributed by atoms with Crippen LogP contribution in [0.15, 0.2) is 35.5 Å². The van der Waals surface area contributed by atoms with Gasteiger partial charge in [0.15, 0.2) is 0 Å². The third-order valence-electron chi connectivity index (χ3n) is 4.07. The van der Waals surface area contributed by atoms with Crippen molar-refractivity contribution in [2.75, 3.05) is 6.54 Å². The van der Waals surface area contributed by atoms with Gasteiger partial charge in [0.25, 0.3) is 5.91 Å². The molecule has 1 aromatic heterocycles. The minimum absolute atomic E-state index is 0.181. The summed E-state index contributed by atoms with van der Waals surface area (Å²) in [5.41, 5.74) is 3.75. The SMILES string of the molecule is Cc1cc(C)n(CCNC(=O)C2CC(Cc3ccc(F)cc3)=NO2)n1. The number of halogens is 1. The number of amides is 1. The quantitative estimate of drug-likeness (QED) is 0.873. The van der Waals surface area contributed by atoms with E-state index in [0.717, 1.165) is 22.7 Å². The van der Waals surface area contributed by atoms with Crippen LogP contribution in [0.3, 0.4) is 0 Å². The third-order valence-corrected chi connectivity index (χ3v) is 4.07. The number of aryl methyl sites for hydroxylation is 2. The van der Waals surface area contributed by atoms with Gasteiger partial charge in [-0.1, -0.05) is 17.3 Å². The Bertz CT molecular complexity index is 783. The van der Waals surface area contributed by atoms with E-state index in [1.807, 2.05) is 24.6 Å². The second kappa shape index (κ2) is 7.46. The monoisotopic (exact) mass is 344 g/mol. The Morgan fingerprint density at radius 2 is 2.12 bits per heavy atom. The van der Waals surface area contributed by atoms with Gasteiger partial charge in [0.2, 0.25) is 6.10 Å². The van der Waals surface area contributed by atoms with Crippen LogP contribution in [0.5, 0.6) is 0 Å². The average molecular weight is 344 g/mol. The van der Waals surface area contributed by atoms with Crippen LogP contribution < -0.4 is 5.32 Å². The van der Waals surface area contributed by atoms with Crippen LogP contribution in [0.1, 0.15) is 23.4 Å². The largest absolute Gasteiger partial charge is 0.382 e. The summed E-state index contributed by atoms with van der Waals surface area (Å²) in [6.07, 6.45) is 0.398.